The number of alkyl carbamates (subject to hydrolysis) is 1. The Hall–Kier alpha value is -2.73. The molecule has 3 N–H and O–H groups in total. The second-order valence-electron chi connectivity index (χ2n) is 11.5. The van der Waals surface area contributed by atoms with Crippen molar-refractivity contribution in [2.45, 2.75) is 75.7 Å². The van der Waals surface area contributed by atoms with Gasteiger partial charge < -0.3 is 20.7 Å². The molecule has 4 rings (SSSR count). The van der Waals surface area contributed by atoms with Gasteiger partial charge >= 0.3 is 6.09 Å². The monoisotopic (exact) mass is 622 g/mol. The quantitative estimate of drug-likeness (QED) is 0.335. The highest BCUT2D eigenvalue weighted by Gasteiger charge is 2.45. The molecule has 0 aromatic heterocycles. The number of rotatable bonds is 11. The first-order chi connectivity index (χ1) is 19.9. The molecular formula is C30H40ClFN4O5S. The fourth-order valence-electron chi connectivity index (χ4n) is 5.83. The molecule has 1 saturated carbocycles. The summed E-state index contributed by atoms with van der Waals surface area (Å²) >= 11 is 6.09. The average molecular weight is 623 g/mol. The normalized spacial score (nSPS) is 21.0. The topological polar surface area (TPSA) is 117 Å². The van der Waals surface area contributed by atoms with Crippen LogP contribution in [-0.4, -0.2) is 68.3 Å². The molecule has 0 radical (unpaired) electrons. The summed E-state index contributed by atoms with van der Waals surface area (Å²) in [6.45, 7) is 6.78. The third-order valence-electron chi connectivity index (χ3n) is 8.03. The van der Waals surface area contributed by atoms with E-state index in [0.29, 0.717) is 37.4 Å². The van der Waals surface area contributed by atoms with E-state index in [0.717, 1.165) is 5.56 Å². The minimum Gasteiger partial charge on any atom is -0.453 e. The summed E-state index contributed by atoms with van der Waals surface area (Å²) in [6.07, 6.45) is 1.14. The Kier molecular flexibility index (Phi) is 10.5. The van der Waals surface area contributed by atoms with Crippen LogP contribution in [-0.2, 0) is 26.0 Å². The summed E-state index contributed by atoms with van der Waals surface area (Å²) in [6, 6.07) is 9.89. The first kappa shape index (κ1) is 32.2. The molecule has 1 aliphatic heterocycles. The second kappa shape index (κ2) is 13.7. The van der Waals surface area contributed by atoms with Crippen molar-refractivity contribution in [2.75, 3.05) is 25.5 Å². The summed E-state index contributed by atoms with van der Waals surface area (Å²) in [5.41, 5.74) is 1.34. The lowest BCUT2D eigenvalue weighted by molar-refractivity contribution is -0.118. The minimum absolute atomic E-state index is 0.0775. The number of hydrogen-bond acceptors (Lipinski definition) is 6. The van der Waals surface area contributed by atoms with E-state index in [-0.39, 0.29) is 40.9 Å². The van der Waals surface area contributed by atoms with E-state index in [2.05, 4.69) is 16.0 Å². The number of nitrogens with zero attached hydrogens (tertiary/aromatic N) is 1. The number of amides is 2. The van der Waals surface area contributed by atoms with Gasteiger partial charge in [-0.2, -0.15) is 4.31 Å². The van der Waals surface area contributed by atoms with Crippen LogP contribution in [0, 0.1) is 11.7 Å². The van der Waals surface area contributed by atoms with E-state index in [1.165, 1.54) is 19.2 Å². The van der Waals surface area contributed by atoms with Crippen LogP contribution in [0.5, 0.6) is 0 Å². The predicted octanol–water partition coefficient (Wildman–Crippen LogP) is 4.67. The van der Waals surface area contributed by atoms with Crippen molar-refractivity contribution in [3.8, 4) is 0 Å². The highest BCUT2D eigenvalue weighted by atomic mass is 35.5. The number of ether oxygens (including phenoxy) is 1. The molecular weight excluding hydrogens is 583 g/mol. The fraction of sp³-hybridized carbons (Fsp3) is 0.533. The molecule has 2 amide bonds. The number of benzene rings is 2. The van der Waals surface area contributed by atoms with Gasteiger partial charge in [-0.3, -0.25) is 4.79 Å². The number of anilines is 1. The number of methoxy groups -OCH3 is 1. The van der Waals surface area contributed by atoms with Crippen molar-refractivity contribution in [3.63, 3.8) is 0 Å². The molecule has 1 aliphatic carbocycles. The molecule has 2 fully saturated rings. The minimum atomic E-state index is -3.43. The Morgan fingerprint density at radius 2 is 1.83 bits per heavy atom. The van der Waals surface area contributed by atoms with Crippen molar-refractivity contribution >= 4 is 39.3 Å². The Morgan fingerprint density at radius 1 is 1.14 bits per heavy atom. The standard InChI is InChI=1S/C30H40ClFN4O5S/c1-18(2)27(20-8-10-21(31)11-9-20)28(35-30(38)41-4)29(37)34-26-7-5-6-25(32)24(26)15-12-22-17-33-16-19(3)36(22)42(39,40)23-13-14-23/h5-11,18-19,22-23,27-28,33H,12-17H2,1-4H3,(H,34,37)(H,35,38)/t19-,22-,27+,28-/m0/s1. The van der Waals surface area contributed by atoms with Gasteiger partial charge in [-0.15, -0.1) is 0 Å². The lowest BCUT2D eigenvalue weighted by Gasteiger charge is -2.40. The number of hydrogen-bond donors (Lipinski definition) is 3. The van der Waals surface area contributed by atoms with Gasteiger partial charge in [0.2, 0.25) is 15.9 Å². The first-order valence-electron chi connectivity index (χ1n) is 14.3. The van der Waals surface area contributed by atoms with E-state index in [1.807, 2.05) is 20.8 Å². The third kappa shape index (κ3) is 7.42. The molecule has 4 atom stereocenters. The maximum atomic E-state index is 15.3. The fourth-order valence-corrected chi connectivity index (χ4v) is 8.20. The van der Waals surface area contributed by atoms with Crippen molar-refractivity contribution < 1.29 is 27.1 Å². The van der Waals surface area contributed by atoms with E-state index in [1.54, 1.807) is 34.6 Å². The smallest absolute Gasteiger partial charge is 0.407 e. The van der Waals surface area contributed by atoms with E-state index in [4.69, 9.17) is 16.3 Å². The maximum absolute atomic E-state index is 15.3. The Morgan fingerprint density at radius 3 is 2.45 bits per heavy atom. The average Bonchev–Trinajstić information content (AvgIpc) is 3.79. The van der Waals surface area contributed by atoms with E-state index >= 15 is 4.39 Å². The van der Waals surface area contributed by atoms with Crippen LogP contribution in [0.3, 0.4) is 0 Å². The van der Waals surface area contributed by atoms with Crippen molar-refractivity contribution in [1.82, 2.24) is 14.9 Å². The molecule has 0 spiro atoms. The largest absolute Gasteiger partial charge is 0.453 e. The summed E-state index contributed by atoms with van der Waals surface area (Å²) in [5.74, 6) is -1.57. The molecule has 2 aliphatic rings. The lowest BCUT2D eigenvalue weighted by atomic mass is 9.82. The molecule has 2 aromatic rings. The number of carbonyl (C=O) groups is 2. The van der Waals surface area contributed by atoms with Gasteiger partial charge in [0, 0.05) is 47.4 Å². The van der Waals surface area contributed by atoms with Gasteiger partial charge in [0.05, 0.1) is 12.4 Å². The molecule has 1 saturated heterocycles. The van der Waals surface area contributed by atoms with Crippen molar-refractivity contribution in [3.05, 3.63) is 64.4 Å². The zero-order valence-corrected chi connectivity index (χ0v) is 26.0. The van der Waals surface area contributed by atoms with Gasteiger partial charge in [0.25, 0.3) is 0 Å². The molecule has 42 heavy (non-hydrogen) atoms. The van der Waals surface area contributed by atoms with Gasteiger partial charge in [-0.1, -0.05) is 43.6 Å². The molecule has 0 bridgehead atoms. The highest BCUT2D eigenvalue weighted by molar-refractivity contribution is 7.90. The SMILES string of the molecule is COC(=O)N[C@H](C(=O)Nc1cccc(F)c1CC[C@H]1CNC[C@H](C)N1S(=O)(=O)C1CC1)[C@@H](c1ccc(Cl)cc1)C(C)C. The second-order valence-corrected chi connectivity index (χ2v) is 14.0. The van der Waals surface area contributed by atoms with Gasteiger partial charge in [-0.25, -0.2) is 17.6 Å². The predicted molar refractivity (Wildman–Crippen MR) is 162 cm³/mol. The van der Waals surface area contributed by atoms with Crippen molar-refractivity contribution in [2.24, 2.45) is 5.92 Å². The first-order valence-corrected chi connectivity index (χ1v) is 16.2. The summed E-state index contributed by atoms with van der Waals surface area (Å²) in [5, 5.41) is 9.00. The number of halogens is 2. The zero-order chi connectivity index (χ0) is 30.6. The van der Waals surface area contributed by atoms with Gasteiger partial charge in [0.1, 0.15) is 11.9 Å². The van der Waals surface area contributed by atoms with Crippen LogP contribution < -0.4 is 16.0 Å². The molecule has 0 unspecified atom stereocenters. The summed E-state index contributed by atoms with van der Waals surface area (Å²) in [4.78, 5) is 26.1. The highest BCUT2D eigenvalue weighted by Crippen LogP contribution is 2.35. The molecule has 2 aromatic carbocycles. The van der Waals surface area contributed by atoms with Crippen LogP contribution >= 0.6 is 11.6 Å². The Bertz CT molecular complexity index is 1370. The molecule has 230 valence electrons. The summed E-state index contributed by atoms with van der Waals surface area (Å²) < 4.78 is 48.1. The van der Waals surface area contributed by atoms with Crippen LogP contribution in [0.4, 0.5) is 14.9 Å². The number of nitrogens with one attached hydrogen (secondary N) is 3. The van der Waals surface area contributed by atoms with Crippen LogP contribution in [0.15, 0.2) is 42.5 Å². The van der Waals surface area contributed by atoms with Crippen LogP contribution in [0.2, 0.25) is 5.02 Å². The zero-order valence-electron chi connectivity index (χ0n) is 24.4. The number of piperazine rings is 1. The van der Waals surface area contributed by atoms with E-state index in [9.17, 15) is 18.0 Å². The number of sulfonamides is 1. The number of carbonyl (C=O) groups excluding carboxylic acids is 2. The van der Waals surface area contributed by atoms with Gasteiger partial charge in [-0.05, 0) is 68.4 Å². The van der Waals surface area contributed by atoms with Crippen LogP contribution in [0.1, 0.15) is 57.1 Å². The maximum Gasteiger partial charge on any atom is 0.407 e. The molecule has 12 heteroatoms. The van der Waals surface area contributed by atoms with Crippen LogP contribution in [0.25, 0.3) is 0 Å². The summed E-state index contributed by atoms with van der Waals surface area (Å²) in [7, 11) is -2.22. The Labute approximate surface area is 252 Å². The molecule has 1 heterocycles. The van der Waals surface area contributed by atoms with E-state index < -0.39 is 39.8 Å². The van der Waals surface area contributed by atoms with Crippen molar-refractivity contribution in [1.29, 1.82) is 0 Å². The lowest BCUT2D eigenvalue weighted by Crippen LogP contribution is -2.59. The molecule has 9 nitrogen and oxygen atoms in total. The third-order valence-corrected chi connectivity index (χ3v) is 10.8. The Balaban J connectivity index is 1.58. The van der Waals surface area contributed by atoms with Gasteiger partial charge in [0.15, 0.2) is 0 Å².